The van der Waals surface area contributed by atoms with Crippen molar-refractivity contribution < 1.29 is 14.4 Å². The minimum Gasteiger partial charge on any atom is -0.326 e. The molecule has 1 N–H and O–H groups in total. The predicted octanol–water partition coefficient (Wildman–Crippen LogP) is 4.16. The van der Waals surface area contributed by atoms with Gasteiger partial charge in [-0.15, -0.1) is 11.3 Å². The van der Waals surface area contributed by atoms with Crippen LogP contribution >= 0.6 is 11.3 Å². The molecular weight excluding hydrogens is 398 g/mol. The Kier molecular flexibility index (Phi) is 5.90. The minimum absolute atomic E-state index is 0.0900. The number of urea groups is 1. The fourth-order valence-corrected chi connectivity index (χ4v) is 4.19. The van der Waals surface area contributed by atoms with Crippen molar-refractivity contribution in [3.8, 4) is 0 Å². The van der Waals surface area contributed by atoms with E-state index in [1.54, 1.807) is 47.7 Å². The standard InChI is InChI=1S/C23H21N3O3S/c27-21(24-17-8-3-1-4-9-17)16-20-22(28)26(18-10-5-2-6-11-18)23(29)25(20)14-13-19-12-7-15-30-19/h1-12,15,20H,13-14,16H2,(H,24,27). The molecule has 6 nitrogen and oxygen atoms in total. The van der Waals surface area contributed by atoms with Gasteiger partial charge in [0.05, 0.1) is 12.1 Å². The molecule has 1 aromatic heterocycles. The fraction of sp³-hybridized carbons (Fsp3) is 0.174. The summed E-state index contributed by atoms with van der Waals surface area (Å²) in [4.78, 5) is 42.7. The van der Waals surface area contributed by atoms with Crippen molar-refractivity contribution in [3.63, 3.8) is 0 Å². The molecule has 1 saturated heterocycles. The van der Waals surface area contributed by atoms with Crippen molar-refractivity contribution in [3.05, 3.63) is 83.1 Å². The zero-order valence-electron chi connectivity index (χ0n) is 16.2. The molecule has 152 valence electrons. The molecule has 1 atom stereocenters. The Morgan fingerprint density at radius 2 is 1.63 bits per heavy atom. The zero-order chi connectivity index (χ0) is 20.9. The quantitative estimate of drug-likeness (QED) is 0.585. The summed E-state index contributed by atoms with van der Waals surface area (Å²) in [5.74, 6) is -0.677. The third-order valence-electron chi connectivity index (χ3n) is 4.95. The van der Waals surface area contributed by atoms with Gasteiger partial charge < -0.3 is 10.2 Å². The second kappa shape index (κ2) is 8.92. The van der Waals surface area contributed by atoms with E-state index < -0.39 is 6.04 Å². The molecule has 0 aliphatic carbocycles. The highest BCUT2D eigenvalue weighted by molar-refractivity contribution is 7.09. The molecule has 30 heavy (non-hydrogen) atoms. The molecular formula is C23H21N3O3S. The summed E-state index contributed by atoms with van der Waals surface area (Å²) in [5.41, 5.74) is 1.17. The van der Waals surface area contributed by atoms with Crippen molar-refractivity contribution in [2.45, 2.75) is 18.9 Å². The summed E-state index contributed by atoms with van der Waals surface area (Å²) >= 11 is 1.61. The Labute approximate surface area is 178 Å². The van der Waals surface area contributed by atoms with E-state index in [-0.39, 0.29) is 24.3 Å². The van der Waals surface area contributed by atoms with Gasteiger partial charge in [-0.1, -0.05) is 42.5 Å². The highest BCUT2D eigenvalue weighted by atomic mass is 32.1. The number of carbonyl (C=O) groups excluding carboxylic acids is 3. The average Bonchev–Trinajstić information content (AvgIpc) is 3.35. The van der Waals surface area contributed by atoms with Crippen molar-refractivity contribution in [1.82, 2.24) is 4.90 Å². The number of thiophene rings is 1. The number of nitrogens with one attached hydrogen (secondary N) is 1. The number of hydrogen-bond donors (Lipinski definition) is 1. The maximum absolute atomic E-state index is 13.2. The van der Waals surface area contributed by atoms with Crippen molar-refractivity contribution >= 4 is 40.6 Å². The number of rotatable bonds is 7. The van der Waals surface area contributed by atoms with Gasteiger partial charge in [-0.25, -0.2) is 9.69 Å². The fourth-order valence-electron chi connectivity index (χ4n) is 3.50. The number of hydrogen-bond acceptors (Lipinski definition) is 4. The third kappa shape index (κ3) is 4.26. The predicted molar refractivity (Wildman–Crippen MR) is 118 cm³/mol. The van der Waals surface area contributed by atoms with Gasteiger partial charge in [0, 0.05) is 17.1 Å². The van der Waals surface area contributed by atoms with Gasteiger partial charge in [0.25, 0.3) is 5.91 Å². The molecule has 3 aromatic rings. The molecule has 1 fully saturated rings. The molecule has 2 heterocycles. The second-order valence-corrected chi connectivity index (χ2v) is 7.98. The number of benzene rings is 2. The summed E-state index contributed by atoms with van der Waals surface area (Å²) in [7, 11) is 0. The first-order valence-electron chi connectivity index (χ1n) is 9.70. The molecule has 0 spiro atoms. The number of para-hydroxylation sites is 2. The van der Waals surface area contributed by atoms with Gasteiger partial charge >= 0.3 is 6.03 Å². The van der Waals surface area contributed by atoms with Gasteiger partial charge in [0.2, 0.25) is 5.91 Å². The highest BCUT2D eigenvalue weighted by Crippen LogP contribution is 2.27. The summed E-state index contributed by atoms with van der Waals surface area (Å²) in [5, 5.41) is 4.78. The molecule has 0 bridgehead atoms. The van der Waals surface area contributed by atoms with E-state index in [4.69, 9.17) is 0 Å². The Hall–Kier alpha value is -3.45. The van der Waals surface area contributed by atoms with E-state index in [1.165, 1.54) is 9.80 Å². The van der Waals surface area contributed by atoms with Gasteiger partial charge in [0.1, 0.15) is 6.04 Å². The first-order valence-corrected chi connectivity index (χ1v) is 10.6. The molecule has 7 heteroatoms. The number of nitrogens with zero attached hydrogens (tertiary/aromatic N) is 2. The van der Waals surface area contributed by atoms with E-state index in [9.17, 15) is 14.4 Å². The van der Waals surface area contributed by atoms with E-state index in [2.05, 4.69) is 5.32 Å². The average molecular weight is 420 g/mol. The first kappa shape index (κ1) is 19.8. The van der Waals surface area contributed by atoms with Crippen LogP contribution < -0.4 is 10.2 Å². The SMILES string of the molecule is O=C(CC1C(=O)N(c2ccccc2)C(=O)N1CCc1cccs1)Nc1ccccc1. The van der Waals surface area contributed by atoms with Gasteiger partial charge in [-0.3, -0.25) is 9.59 Å². The lowest BCUT2D eigenvalue weighted by molar-refractivity contribution is -0.124. The maximum atomic E-state index is 13.2. The van der Waals surface area contributed by atoms with E-state index >= 15 is 0 Å². The Balaban J connectivity index is 1.54. The summed E-state index contributed by atoms with van der Waals surface area (Å²) < 4.78 is 0. The number of imide groups is 1. The lowest BCUT2D eigenvalue weighted by atomic mass is 10.1. The first-order chi connectivity index (χ1) is 14.6. The van der Waals surface area contributed by atoms with Crippen LogP contribution in [0.1, 0.15) is 11.3 Å². The zero-order valence-corrected chi connectivity index (χ0v) is 17.0. The van der Waals surface area contributed by atoms with Crippen LogP contribution in [-0.2, 0) is 16.0 Å². The molecule has 0 saturated carbocycles. The summed E-state index contributed by atoms with van der Waals surface area (Å²) in [6.07, 6.45) is 0.545. The van der Waals surface area contributed by atoms with Crippen LogP contribution in [0.5, 0.6) is 0 Å². The number of anilines is 2. The monoisotopic (exact) mass is 419 g/mol. The largest absolute Gasteiger partial charge is 0.332 e. The second-order valence-electron chi connectivity index (χ2n) is 6.95. The van der Waals surface area contributed by atoms with E-state index in [0.29, 0.717) is 24.3 Å². The molecule has 1 aliphatic heterocycles. The molecule has 1 unspecified atom stereocenters. The maximum Gasteiger partial charge on any atom is 0.332 e. The highest BCUT2D eigenvalue weighted by Gasteiger charge is 2.46. The van der Waals surface area contributed by atoms with Gasteiger partial charge in [0.15, 0.2) is 0 Å². The molecule has 2 aromatic carbocycles. The van der Waals surface area contributed by atoms with Gasteiger partial charge in [-0.2, -0.15) is 0 Å². The smallest absolute Gasteiger partial charge is 0.326 e. The summed E-state index contributed by atoms with van der Waals surface area (Å²) in [6.45, 7) is 0.373. The van der Waals surface area contributed by atoms with Gasteiger partial charge in [-0.05, 0) is 42.1 Å². The Bertz CT molecular complexity index is 1020. The number of amides is 4. The Morgan fingerprint density at radius 1 is 0.933 bits per heavy atom. The summed E-state index contributed by atoms with van der Waals surface area (Å²) in [6, 6.07) is 20.6. The topological polar surface area (TPSA) is 69.7 Å². The van der Waals surface area contributed by atoms with Crippen LogP contribution in [0, 0.1) is 0 Å². The van der Waals surface area contributed by atoms with E-state index in [0.717, 1.165) is 4.88 Å². The van der Waals surface area contributed by atoms with Crippen LogP contribution in [0.25, 0.3) is 0 Å². The molecule has 4 amide bonds. The molecule has 1 aliphatic rings. The van der Waals surface area contributed by atoms with Crippen LogP contribution in [0.2, 0.25) is 0 Å². The molecule has 0 radical (unpaired) electrons. The lowest BCUT2D eigenvalue weighted by Crippen LogP contribution is -2.39. The van der Waals surface area contributed by atoms with Crippen LogP contribution in [0.3, 0.4) is 0 Å². The lowest BCUT2D eigenvalue weighted by Gasteiger charge is -2.21. The number of carbonyl (C=O) groups is 3. The molecule has 4 rings (SSSR count). The Morgan fingerprint density at radius 3 is 2.30 bits per heavy atom. The van der Waals surface area contributed by atoms with Crippen LogP contribution in [0.4, 0.5) is 16.2 Å². The third-order valence-corrected chi connectivity index (χ3v) is 5.88. The van der Waals surface area contributed by atoms with Crippen molar-refractivity contribution in [2.24, 2.45) is 0 Å². The van der Waals surface area contributed by atoms with Crippen LogP contribution in [0.15, 0.2) is 78.2 Å². The van der Waals surface area contributed by atoms with E-state index in [1.807, 2.05) is 41.8 Å². The minimum atomic E-state index is -0.832. The van der Waals surface area contributed by atoms with Crippen molar-refractivity contribution in [1.29, 1.82) is 0 Å². The van der Waals surface area contributed by atoms with Crippen molar-refractivity contribution in [2.75, 3.05) is 16.8 Å². The normalized spacial score (nSPS) is 16.2. The van der Waals surface area contributed by atoms with Crippen LogP contribution in [-0.4, -0.2) is 35.3 Å².